The topological polar surface area (TPSA) is 59.9 Å². The number of halogens is 1. The summed E-state index contributed by atoms with van der Waals surface area (Å²) in [4.78, 5) is 11.9. The van der Waals surface area contributed by atoms with Gasteiger partial charge in [-0.3, -0.25) is 4.79 Å². The van der Waals surface area contributed by atoms with Crippen LogP contribution in [-0.4, -0.2) is 31.1 Å². The second-order valence-electron chi connectivity index (χ2n) is 5.29. The van der Waals surface area contributed by atoms with Gasteiger partial charge in [0.15, 0.2) is 11.5 Å². The molecule has 0 aliphatic carbocycles. The van der Waals surface area contributed by atoms with E-state index in [1.54, 1.807) is 18.0 Å². The van der Waals surface area contributed by atoms with E-state index < -0.39 is 0 Å². The Morgan fingerprint density at radius 3 is 2.96 bits per heavy atom. The minimum atomic E-state index is -0.141. The second kappa shape index (κ2) is 8.92. The van der Waals surface area contributed by atoms with Crippen molar-refractivity contribution in [3.8, 4) is 11.5 Å². The molecule has 0 atom stereocenters. The number of nitrogens with zero attached hydrogens (tertiary/aromatic N) is 1. The molecule has 0 unspecified atom stereocenters. The first-order chi connectivity index (χ1) is 12.2. The number of rotatable bonds is 6. The van der Waals surface area contributed by atoms with Crippen LogP contribution in [0.1, 0.15) is 11.1 Å². The molecule has 0 aromatic heterocycles. The fourth-order valence-corrected chi connectivity index (χ4v) is 3.51. The average molecular weight is 421 g/mol. The number of hydrazone groups is 1. The lowest BCUT2D eigenvalue weighted by atomic mass is 10.2. The molecule has 3 rings (SSSR count). The van der Waals surface area contributed by atoms with Crippen molar-refractivity contribution in [3.05, 3.63) is 58.1 Å². The van der Waals surface area contributed by atoms with Crippen molar-refractivity contribution in [3.63, 3.8) is 0 Å². The minimum absolute atomic E-state index is 0.141. The summed E-state index contributed by atoms with van der Waals surface area (Å²) in [6.45, 7) is 1.05. The summed E-state index contributed by atoms with van der Waals surface area (Å²) in [7, 11) is 0. The fourth-order valence-electron chi connectivity index (χ4n) is 2.29. The number of carbonyl (C=O) groups excluding carboxylic acids is 1. The molecule has 0 bridgehead atoms. The summed E-state index contributed by atoms with van der Waals surface area (Å²) in [6, 6.07) is 13.6. The Hall–Kier alpha value is -1.99. The van der Waals surface area contributed by atoms with E-state index in [4.69, 9.17) is 9.47 Å². The van der Waals surface area contributed by atoms with Crippen LogP contribution in [0.5, 0.6) is 11.5 Å². The van der Waals surface area contributed by atoms with Gasteiger partial charge in [0.2, 0.25) is 5.91 Å². The highest BCUT2D eigenvalue weighted by Crippen LogP contribution is 2.32. The van der Waals surface area contributed by atoms with Crippen LogP contribution in [-0.2, 0) is 10.5 Å². The summed E-state index contributed by atoms with van der Waals surface area (Å²) in [5.74, 6) is 2.34. The lowest BCUT2D eigenvalue weighted by Crippen LogP contribution is -2.20. The fraction of sp³-hybridized carbons (Fsp3) is 0.222. The van der Waals surface area contributed by atoms with Crippen LogP contribution in [0.15, 0.2) is 52.0 Å². The molecule has 0 fully saturated rings. The third kappa shape index (κ3) is 5.24. The maximum Gasteiger partial charge on any atom is 0.250 e. The quantitative estimate of drug-likeness (QED) is 0.572. The van der Waals surface area contributed by atoms with E-state index in [0.717, 1.165) is 15.8 Å². The van der Waals surface area contributed by atoms with Crippen molar-refractivity contribution in [2.24, 2.45) is 5.10 Å². The van der Waals surface area contributed by atoms with Crippen LogP contribution in [0, 0.1) is 0 Å². The predicted molar refractivity (Wildman–Crippen MR) is 103 cm³/mol. The first-order valence-corrected chi connectivity index (χ1v) is 9.70. The van der Waals surface area contributed by atoms with Crippen molar-refractivity contribution < 1.29 is 14.3 Å². The Morgan fingerprint density at radius 1 is 1.24 bits per heavy atom. The van der Waals surface area contributed by atoms with Gasteiger partial charge >= 0.3 is 0 Å². The molecule has 5 nitrogen and oxygen atoms in total. The molecule has 0 saturated carbocycles. The van der Waals surface area contributed by atoms with Crippen molar-refractivity contribution >= 4 is 39.8 Å². The number of benzene rings is 2. The maximum atomic E-state index is 11.9. The zero-order chi connectivity index (χ0) is 17.5. The average Bonchev–Trinajstić information content (AvgIpc) is 2.62. The van der Waals surface area contributed by atoms with Gasteiger partial charge < -0.3 is 9.47 Å². The van der Waals surface area contributed by atoms with Crippen LogP contribution >= 0.6 is 27.7 Å². The number of fused-ring (bicyclic) bond motifs is 1. The zero-order valence-electron chi connectivity index (χ0n) is 13.4. The van der Waals surface area contributed by atoms with E-state index in [1.807, 2.05) is 42.5 Å². The van der Waals surface area contributed by atoms with Crippen molar-refractivity contribution in [1.82, 2.24) is 5.43 Å². The normalized spacial score (nSPS) is 13.0. The number of amides is 1. The molecule has 25 heavy (non-hydrogen) atoms. The highest BCUT2D eigenvalue weighted by Gasteiger charge is 2.14. The van der Waals surface area contributed by atoms with Crippen molar-refractivity contribution in [1.29, 1.82) is 0 Å². The Kier molecular flexibility index (Phi) is 6.36. The molecule has 2 aromatic rings. The monoisotopic (exact) mass is 420 g/mol. The van der Waals surface area contributed by atoms with Gasteiger partial charge in [0, 0.05) is 15.8 Å². The first-order valence-electron chi connectivity index (χ1n) is 7.75. The summed E-state index contributed by atoms with van der Waals surface area (Å²) in [5.41, 5.74) is 4.49. The molecule has 1 heterocycles. The molecule has 1 aliphatic heterocycles. The second-order valence-corrected chi connectivity index (χ2v) is 7.19. The molecule has 7 heteroatoms. The lowest BCUT2D eigenvalue weighted by molar-refractivity contribution is -0.118. The molecule has 130 valence electrons. The largest absolute Gasteiger partial charge is 0.486 e. The number of para-hydroxylation sites is 1. The van der Waals surface area contributed by atoms with Crippen molar-refractivity contribution in [2.75, 3.05) is 19.0 Å². The van der Waals surface area contributed by atoms with E-state index in [0.29, 0.717) is 30.5 Å². The van der Waals surface area contributed by atoms with Gasteiger partial charge in [-0.2, -0.15) is 5.10 Å². The number of nitrogens with one attached hydrogen (secondary N) is 1. The lowest BCUT2D eigenvalue weighted by Gasteiger charge is -2.19. The molecule has 1 aliphatic rings. The van der Waals surface area contributed by atoms with Crippen LogP contribution in [0.2, 0.25) is 0 Å². The molecule has 0 spiro atoms. The van der Waals surface area contributed by atoms with Crippen LogP contribution in [0.4, 0.5) is 0 Å². The van der Waals surface area contributed by atoms with Gasteiger partial charge in [0.05, 0.1) is 12.0 Å². The van der Waals surface area contributed by atoms with E-state index >= 15 is 0 Å². The third-order valence-electron chi connectivity index (χ3n) is 3.38. The Balaban J connectivity index is 1.47. The van der Waals surface area contributed by atoms with E-state index in [9.17, 15) is 4.79 Å². The highest BCUT2D eigenvalue weighted by molar-refractivity contribution is 9.10. The van der Waals surface area contributed by atoms with Gasteiger partial charge in [0.25, 0.3) is 0 Å². The first kappa shape index (κ1) is 17.8. The molecular weight excluding hydrogens is 404 g/mol. The SMILES string of the molecule is O=C(CSCc1cccc(Br)c1)N/N=C/c1cccc2c1OCCO2. The number of hydrogen-bond donors (Lipinski definition) is 1. The number of hydrogen-bond acceptors (Lipinski definition) is 5. The number of carbonyl (C=O) groups is 1. The molecule has 0 radical (unpaired) electrons. The molecule has 0 saturated heterocycles. The Bertz CT molecular complexity index is 783. The van der Waals surface area contributed by atoms with Gasteiger partial charge in [-0.25, -0.2) is 5.43 Å². The van der Waals surface area contributed by atoms with E-state index in [-0.39, 0.29) is 5.91 Å². The summed E-state index contributed by atoms with van der Waals surface area (Å²) >= 11 is 4.98. The predicted octanol–water partition coefficient (Wildman–Crippen LogP) is 3.60. The highest BCUT2D eigenvalue weighted by atomic mass is 79.9. The Labute approximate surface area is 158 Å². The molecule has 1 amide bonds. The van der Waals surface area contributed by atoms with E-state index in [1.165, 1.54) is 5.56 Å². The Morgan fingerprint density at radius 2 is 2.08 bits per heavy atom. The molecule has 2 aromatic carbocycles. The maximum absolute atomic E-state index is 11.9. The van der Waals surface area contributed by atoms with Crippen LogP contribution in [0.3, 0.4) is 0 Å². The van der Waals surface area contributed by atoms with Crippen LogP contribution in [0.25, 0.3) is 0 Å². The van der Waals surface area contributed by atoms with Gasteiger partial charge in [-0.1, -0.05) is 34.1 Å². The van der Waals surface area contributed by atoms with Crippen molar-refractivity contribution in [2.45, 2.75) is 5.75 Å². The standard InChI is InChI=1S/C18H17BrN2O3S/c19-15-5-1-3-13(9-15)11-25-12-17(22)21-20-10-14-4-2-6-16-18(14)24-8-7-23-16/h1-6,9-10H,7-8,11-12H2,(H,21,22)/b20-10+. The summed E-state index contributed by atoms with van der Waals surface area (Å²) < 4.78 is 12.2. The zero-order valence-corrected chi connectivity index (χ0v) is 15.8. The van der Waals surface area contributed by atoms with Gasteiger partial charge in [-0.05, 0) is 29.8 Å². The molecular formula is C18H17BrN2O3S. The van der Waals surface area contributed by atoms with Gasteiger partial charge in [-0.15, -0.1) is 11.8 Å². The smallest absolute Gasteiger partial charge is 0.250 e. The van der Waals surface area contributed by atoms with Crippen LogP contribution < -0.4 is 14.9 Å². The third-order valence-corrected chi connectivity index (χ3v) is 4.88. The minimum Gasteiger partial charge on any atom is -0.486 e. The molecule has 1 N–H and O–H groups in total. The van der Waals surface area contributed by atoms with Gasteiger partial charge in [0.1, 0.15) is 13.2 Å². The summed E-state index contributed by atoms with van der Waals surface area (Å²) in [5, 5.41) is 4.01. The van der Waals surface area contributed by atoms with E-state index in [2.05, 4.69) is 26.5 Å². The number of thioether (sulfide) groups is 1. The number of ether oxygens (including phenoxy) is 2. The summed E-state index contributed by atoms with van der Waals surface area (Å²) in [6.07, 6.45) is 1.57.